The van der Waals surface area contributed by atoms with Gasteiger partial charge in [0, 0.05) is 6.42 Å². The predicted molar refractivity (Wildman–Crippen MR) is 100 cm³/mol. The van der Waals surface area contributed by atoms with Gasteiger partial charge in [-0.25, -0.2) is 0 Å². The highest BCUT2D eigenvalue weighted by atomic mass is 32.2. The second-order valence-corrected chi connectivity index (χ2v) is 6.69. The fourth-order valence-corrected chi connectivity index (χ4v) is 4.03. The lowest BCUT2D eigenvalue weighted by Crippen LogP contribution is -2.07. The van der Waals surface area contributed by atoms with Gasteiger partial charge in [0.1, 0.15) is 10.7 Å². The molecule has 0 bridgehead atoms. The zero-order chi connectivity index (χ0) is 16.4. The summed E-state index contributed by atoms with van der Waals surface area (Å²) in [5.74, 6) is 0.870. The Morgan fingerprint density at radius 3 is 2.41 bits per heavy atom. The van der Waals surface area contributed by atoms with Crippen LogP contribution in [0.5, 0.6) is 5.75 Å². The van der Waals surface area contributed by atoms with Crippen LogP contribution in [0, 0.1) is 0 Å². The quantitative estimate of drug-likeness (QED) is 0.435. The molecule has 0 aliphatic heterocycles. The smallest absolute Gasteiger partial charge is 0.166 e. The first-order chi connectivity index (χ1) is 10.7. The van der Waals surface area contributed by atoms with Gasteiger partial charge in [-0.05, 0) is 49.9 Å². The summed E-state index contributed by atoms with van der Waals surface area (Å²) in [6, 6.07) is 8.24. The molecule has 1 unspecified atom stereocenters. The third-order valence-electron chi connectivity index (χ3n) is 3.06. The molecule has 0 saturated carbocycles. The monoisotopic (exact) mass is 313 g/mol. The molecule has 2 heteroatoms. The van der Waals surface area contributed by atoms with Crippen LogP contribution in [-0.2, 0) is 10.9 Å². The third-order valence-corrected chi connectivity index (χ3v) is 5.41. The standard InChI is InChI=1S/C20H25OS/c1-6-9-11-17(4)22(19(8-3)12-10-7-2)20-15-13-18(21-5)14-16-20/h6-7,9-16H,1,4,8H2,2-3,5H3/q+1/b10-7-,11-9-,19-12+. The van der Waals surface area contributed by atoms with Gasteiger partial charge in [0.25, 0.3) is 0 Å². The van der Waals surface area contributed by atoms with E-state index in [-0.39, 0.29) is 10.9 Å². The van der Waals surface area contributed by atoms with E-state index < -0.39 is 0 Å². The molecule has 0 N–H and O–H groups in total. The van der Waals surface area contributed by atoms with E-state index in [1.807, 2.05) is 37.3 Å². The van der Waals surface area contributed by atoms with E-state index in [0.29, 0.717) is 0 Å². The van der Waals surface area contributed by atoms with Crippen molar-refractivity contribution >= 4 is 10.9 Å². The molecule has 0 aliphatic carbocycles. The van der Waals surface area contributed by atoms with Gasteiger partial charge in [0.2, 0.25) is 0 Å². The first-order valence-corrected chi connectivity index (χ1v) is 8.58. The third kappa shape index (κ3) is 5.12. The summed E-state index contributed by atoms with van der Waals surface area (Å²) in [6.45, 7) is 12.2. The molecule has 0 aliphatic rings. The molecule has 0 spiro atoms. The van der Waals surface area contributed by atoms with E-state index in [9.17, 15) is 0 Å². The molecule has 22 heavy (non-hydrogen) atoms. The molecule has 0 amide bonds. The van der Waals surface area contributed by atoms with Crippen molar-refractivity contribution in [3.8, 4) is 5.75 Å². The number of hydrogen-bond donors (Lipinski definition) is 0. The van der Waals surface area contributed by atoms with Gasteiger partial charge < -0.3 is 4.74 Å². The van der Waals surface area contributed by atoms with Crippen molar-refractivity contribution in [3.63, 3.8) is 0 Å². The summed E-state index contributed by atoms with van der Waals surface area (Å²) in [6.07, 6.45) is 13.1. The van der Waals surface area contributed by atoms with Gasteiger partial charge in [-0.15, -0.1) is 0 Å². The Balaban J connectivity index is 3.27. The first-order valence-electron chi connectivity index (χ1n) is 7.36. The minimum Gasteiger partial charge on any atom is -0.497 e. The van der Waals surface area contributed by atoms with Gasteiger partial charge in [-0.2, -0.15) is 0 Å². The molecule has 0 saturated heterocycles. The topological polar surface area (TPSA) is 9.23 Å². The van der Waals surface area contributed by atoms with Crippen LogP contribution in [0.25, 0.3) is 0 Å². The molecule has 0 heterocycles. The Kier molecular flexibility index (Phi) is 8.16. The van der Waals surface area contributed by atoms with Crippen molar-refractivity contribution in [2.45, 2.75) is 25.2 Å². The molecule has 0 fully saturated rings. The summed E-state index contributed by atoms with van der Waals surface area (Å²) < 4.78 is 5.25. The number of rotatable bonds is 8. The molecule has 116 valence electrons. The van der Waals surface area contributed by atoms with Crippen LogP contribution >= 0.6 is 0 Å². The summed E-state index contributed by atoms with van der Waals surface area (Å²) in [5, 5.41) is 0. The highest BCUT2D eigenvalue weighted by Gasteiger charge is 2.29. The first kappa shape index (κ1) is 18.1. The van der Waals surface area contributed by atoms with Gasteiger partial charge in [0.05, 0.1) is 18.0 Å². The second-order valence-electron chi connectivity index (χ2n) is 4.56. The second kappa shape index (κ2) is 9.91. The zero-order valence-electron chi connectivity index (χ0n) is 13.7. The van der Waals surface area contributed by atoms with E-state index in [2.05, 4.69) is 44.4 Å². The minimum absolute atomic E-state index is 0.158. The number of ether oxygens (including phenoxy) is 1. The van der Waals surface area contributed by atoms with E-state index in [1.54, 1.807) is 13.2 Å². The maximum atomic E-state index is 5.25. The Morgan fingerprint density at radius 2 is 1.91 bits per heavy atom. The van der Waals surface area contributed by atoms with Gasteiger partial charge in [-0.3, -0.25) is 0 Å². The van der Waals surface area contributed by atoms with Crippen LogP contribution in [0.15, 0.2) is 88.6 Å². The molecule has 1 aromatic carbocycles. The molecule has 1 nitrogen and oxygen atoms in total. The van der Waals surface area contributed by atoms with Crippen LogP contribution in [0.2, 0.25) is 0 Å². The van der Waals surface area contributed by atoms with Crippen LogP contribution in [0.1, 0.15) is 20.3 Å². The molecule has 0 radical (unpaired) electrons. The Morgan fingerprint density at radius 1 is 1.23 bits per heavy atom. The van der Waals surface area contributed by atoms with E-state index in [4.69, 9.17) is 4.74 Å². The zero-order valence-corrected chi connectivity index (χ0v) is 14.5. The fraction of sp³-hybridized carbons (Fsp3) is 0.200. The van der Waals surface area contributed by atoms with Crippen LogP contribution < -0.4 is 4.74 Å². The Hall–Kier alpha value is -1.93. The lowest BCUT2D eigenvalue weighted by atomic mass is 10.3. The highest BCUT2D eigenvalue weighted by molar-refractivity contribution is 8.04. The van der Waals surface area contributed by atoms with Crippen molar-refractivity contribution < 1.29 is 4.74 Å². The average molecular weight is 313 g/mol. The van der Waals surface area contributed by atoms with Crippen LogP contribution in [0.3, 0.4) is 0 Å². The number of benzene rings is 1. The lowest BCUT2D eigenvalue weighted by molar-refractivity contribution is 0.414. The largest absolute Gasteiger partial charge is 0.497 e. The fourth-order valence-electron chi connectivity index (χ4n) is 1.96. The van der Waals surface area contributed by atoms with Crippen molar-refractivity contribution in [1.82, 2.24) is 0 Å². The molecule has 1 atom stereocenters. The maximum absolute atomic E-state index is 5.25. The van der Waals surface area contributed by atoms with Gasteiger partial charge in [-0.1, -0.05) is 37.8 Å². The van der Waals surface area contributed by atoms with Gasteiger partial charge >= 0.3 is 0 Å². The Bertz CT molecular complexity index is 576. The van der Waals surface area contributed by atoms with E-state index in [0.717, 1.165) is 17.1 Å². The van der Waals surface area contributed by atoms with Crippen LogP contribution in [0.4, 0.5) is 0 Å². The summed E-state index contributed by atoms with van der Waals surface area (Å²) in [7, 11) is 1.53. The summed E-state index contributed by atoms with van der Waals surface area (Å²) >= 11 is 0. The number of hydrogen-bond acceptors (Lipinski definition) is 1. The van der Waals surface area contributed by atoms with Crippen LogP contribution in [-0.4, -0.2) is 7.11 Å². The maximum Gasteiger partial charge on any atom is 0.166 e. The van der Waals surface area contributed by atoms with Gasteiger partial charge in [0.15, 0.2) is 9.80 Å². The minimum atomic E-state index is -0.158. The predicted octanol–water partition coefficient (Wildman–Crippen LogP) is 5.80. The number of methoxy groups -OCH3 is 1. The highest BCUT2D eigenvalue weighted by Crippen LogP contribution is 2.32. The van der Waals surface area contributed by atoms with Crippen molar-refractivity contribution in [2.75, 3.05) is 7.11 Å². The van der Waals surface area contributed by atoms with E-state index in [1.165, 1.54) is 9.80 Å². The molecular weight excluding hydrogens is 288 g/mol. The number of allylic oxidation sites excluding steroid dienone is 7. The Labute approximate surface area is 137 Å². The molecule has 1 aromatic rings. The van der Waals surface area contributed by atoms with Crippen molar-refractivity contribution in [3.05, 3.63) is 83.7 Å². The molecular formula is C20H25OS+. The summed E-state index contributed by atoms with van der Waals surface area (Å²) in [4.78, 5) is 3.70. The van der Waals surface area contributed by atoms with Crippen molar-refractivity contribution in [1.29, 1.82) is 0 Å². The molecule has 1 rings (SSSR count). The van der Waals surface area contributed by atoms with E-state index >= 15 is 0 Å². The lowest BCUT2D eigenvalue weighted by Gasteiger charge is -2.10. The summed E-state index contributed by atoms with van der Waals surface area (Å²) in [5.41, 5.74) is 0. The SMILES string of the molecule is C=C/C=C\C(=C)[S+](/C(=C/C=C\C)CC)c1ccc(OC)cc1. The molecule has 0 aromatic heterocycles. The normalized spacial score (nSPS) is 13.5. The average Bonchev–Trinajstić information content (AvgIpc) is 2.56. The van der Waals surface area contributed by atoms with Crippen molar-refractivity contribution in [2.24, 2.45) is 0 Å².